The lowest BCUT2D eigenvalue weighted by atomic mass is 9.72. The second-order valence-electron chi connectivity index (χ2n) is 10.2. The van der Waals surface area contributed by atoms with Crippen molar-refractivity contribution in [3.63, 3.8) is 0 Å². The third-order valence-electron chi connectivity index (χ3n) is 7.89. The molecule has 0 spiro atoms. The molecule has 0 radical (unpaired) electrons. The van der Waals surface area contributed by atoms with Gasteiger partial charge >= 0.3 is 0 Å². The zero-order valence-corrected chi connectivity index (χ0v) is 22.4. The van der Waals surface area contributed by atoms with Gasteiger partial charge in [0.15, 0.2) is 0 Å². The molecular weight excluding hydrogens is 471 g/mol. The topological polar surface area (TPSA) is 15.7 Å². The van der Waals surface area contributed by atoms with Crippen LogP contribution in [0.4, 0.5) is 0 Å². The predicted octanol–water partition coefficient (Wildman–Crippen LogP) is 7.33. The predicted molar refractivity (Wildman–Crippen MR) is 142 cm³/mol. The van der Waals surface area contributed by atoms with Crippen molar-refractivity contribution >= 4 is 34.5 Å². The Morgan fingerprint density at radius 3 is 2.48 bits per heavy atom. The van der Waals surface area contributed by atoms with E-state index in [1.54, 1.807) is 11.3 Å². The maximum Gasteiger partial charge on any atom is 0.0681 e. The molecule has 1 saturated carbocycles. The average Bonchev–Trinajstić information content (AvgIpc) is 3.47. The number of halogens is 2. The summed E-state index contributed by atoms with van der Waals surface area (Å²) in [6, 6.07) is 8.01. The zero-order chi connectivity index (χ0) is 23.3. The van der Waals surface area contributed by atoms with Crippen molar-refractivity contribution in [2.75, 3.05) is 40.3 Å². The minimum absolute atomic E-state index is 0.292. The molecule has 3 heterocycles. The summed E-state index contributed by atoms with van der Waals surface area (Å²) in [5, 5.41) is 5.90. The van der Waals surface area contributed by atoms with Crippen molar-refractivity contribution < 1.29 is 4.74 Å². The van der Waals surface area contributed by atoms with Crippen LogP contribution in [0.3, 0.4) is 0 Å². The maximum atomic E-state index is 6.23. The van der Waals surface area contributed by atoms with Gasteiger partial charge in [0.05, 0.1) is 5.60 Å². The number of methoxy groups -OCH3 is 1. The lowest BCUT2D eigenvalue weighted by Crippen LogP contribution is -2.43. The lowest BCUT2D eigenvalue weighted by Gasteiger charge is -2.44. The summed E-state index contributed by atoms with van der Waals surface area (Å²) >= 11 is 13.9. The van der Waals surface area contributed by atoms with E-state index in [4.69, 9.17) is 27.9 Å². The van der Waals surface area contributed by atoms with Gasteiger partial charge in [-0.3, -0.25) is 4.90 Å². The molecule has 3 fully saturated rings. The molecule has 1 aromatic heterocycles. The van der Waals surface area contributed by atoms with E-state index in [0.29, 0.717) is 16.5 Å². The standard InChI is InChI=1S/C15H15Cl2NS.C12H23NO/c16-14-2-1-12(15(17)7-14)9-18-5-3-11(8-18)13-4-6-19-10-13;1-13-8-4-11(5-9-13)10-12(14-2)6-3-7-12/h1-2,4,6-7,10-11H,3,5,8-9H2;11H,3-10H2,1-2H3/t11-;/m1./s1. The lowest BCUT2D eigenvalue weighted by molar-refractivity contribution is -0.0914. The average molecular weight is 510 g/mol. The highest BCUT2D eigenvalue weighted by molar-refractivity contribution is 7.08. The Bertz CT molecular complexity index is 858. The normalized spacial score (nSPS) is 23.7. The van der Waals surface area contributed by atoms with Crippen molar-refractivity contribution in [1.82, 2.24) is 9.80 Å². The van der Waals surface area contributed by atoms with Gasteiger partial charge in [-0.2, -0.15) is 11.3 Å². The minimum Gasteiger partial charge on any atom is -0.378 e. The Morgan fingerprint density at radius 2 is 1.88 bits per heavy atom. The second kappa shape index (κ2) is 11.9. The maximum absolute atomic E-state index is 6.23. The molecule has 0 N–H and O–H groups in total. The van der Waals surface area contributed by atoms with E-state index in [-0.39, 0.29) is 0 Å². The Balaban J connectivity index is 0.000000165. The van der Waals surface area contributed by atoms with Crippen LogP contribution in [0.15, 0.2) is 35.0 Å². The van der Waals surface area contributed by atoms with E-state index >= 15 is 0 Å². The Morgan fingerprint density at radius 1 is 1.09 bits per heavy atom. The van der Waals surface area contributed by atoms with Gasteiger partial charge < -0.3 is 9.64 Å². The molecule has 1 aliphatic carbocycles. The Hall–Kier alpha value is -0.620. The van der Waals surface area contributed by atoms with E-state index < -0.39 is 0 Å². The van der Waals surface area contributed by atoms with Crippen LogP contribution in [-0.4, -0.2) is 55.7 Å². The molecule has 2 saturated heterocycles. The first-order valence-electron chi connectivity index (χ1n) is 12.4. The summed E-state index contributed by atoms with van der Waals surface area (Å²) in [6.45, 7) is 5.74. The fraction of sp³-hybridized carbons (Fsp3) is 0.630. The quantitative estimate of drug-likeness (QED) is 0.405. The molecule has 2 aliphatic heterocycles. The molecule has 0 unspecified atom stereocenters. The number of hydrogen-bond donors (Lipinski definition) is 0. The number of thiophene rings is 1. The second-order valence-corrected chi connectivity index (χ2v) is 11.8. The van der Waals surface area contributed by atoms with E-state index in [2.05, 4.69) is 33.7 Å². The molecule has 0 bridgehead atoms. The fourth-order valence-electron chi connectivity index (χ4n) is 5.50. The summed E-state index contributed by atoms with van der Waals surface area (Å²) in [5.41, 5.74) is 2.94. The SMILES string of the molecule is COC1(CC2CCN(C)CC2)CCC1.Clc1ccc(CN2CC[C@@H](c3ccsc3)C2)c(Cl)c1. The fourth-order valence-corrected chi connectivity index (χ4v) is 6.71. The first kappa shape index (κ1) is 25.5. The molecule has 1 atom stereocenters. The van der Waals surface area contributed by atoms with Gasteiger partial charge in [-0.15, -0.1) is 0 Å². The highest BCUT2D eigenvalue weighted by Crippen LogP contribution is 2.42. The van der Waals surface area contributed by atoms with Gasteiger partial charge in [-0.05, 0) is 124 Å². The molecule has 3 nitrogen and oxygen atoms in total. The monoisotopic (exact) mass is 508 g/mol. The van der Waals surface area contributed by atoms with E-state index in [1.807, 2.05) is 25.3 Å². The summed E-state index contributed by atoms with van der Waals surface area (Å²) < 4.78 is 5.69. The smallest absolute Gasteiger partial charge is 0.0681 e. The highest BCUT2D eigenvalue weighted by atomic mass is 35.5. The van der Waals surface area contributed by atoms with Crippen LogP contribution in [0, 0.1) is 5.92 Å². The molecule has 0 amide bonds. The van der Waals surface area contributed by atoms with E-state index in [9.17, 15) is 0 Å². The molecule has 182 valence electrons. The van der Waals surface area contributed by atoms with Crippen molar-refractivity contribution in [3.05, 3.63) is 56.2 Å². The van der Waals surface area contributed by atoms with Gasteiger partial charge in [0.1, 0.15) is 0 Å². The van der Waals surface area contributed by atoms with Crippen molar-refractivity contribution in [1.29, 1.82) is 0 Å². The van der Waals surface area contributed by atoms with Crippen LogP contribution in [0.5, 0.6) is 0 Å². The summed E-state index contributed by atoms with van der Waals surface area (Å²) in [5.74, 6) is 1.60. The first-order chi connectivity index (χ1) is 16.0. The molecule has 1 aromatic carbocycles. The Kier molecular flexibility index (Phi) is 9.17. The van der Waals surface area contributed by atoms with Gasteiger partial charge in [-0.25, -0.2) is 0 Å². The summed E-state index contributed by atoms with van der Waals surface area (Å²) in [7, 11) is 4.12. The number of hydrogen-bond acceptors (Lipinski definition) is 4. The van der Waals surface area contributed by atoms with Crippen LogP contribution in [0.2, 0.25) is 10.0 Å². The van der Waals surface area contributed by atoms with Gasteiger partial charge in [0.25, 0.3) is 0 Å². The summed E-state index contributed by atoms with van der Waals surface area (Å²) in [4.78, 5) is 4.91. The minimum atomic E-state index is 0.292. The highest BCUT2D eigenvalue weighted by Gasteiger charge is 2.39. The van der Waals surface area contributed by atoms with Crippen molar-refractivity contribution in [2.24, 2.45) is 5.92 Å². The van der Waals surface area contributed by atoms with E-state index in [1.165, 1.54) is 63.6 Å². The van der Waals surface area contributed by atoms with Gasteiger partial charge in [-0.1, -0.05) is 29.3 Å². The first-order valence-corrected chi connectivity index (χ1v) is 14.1. The molecule has 6 heteroatoms. The van der Waals surface area contributed by atoms with Crippen LogP contribution in [-0.2, 0) is 11.3 Å². The molecule has 2 aromatic rings. The number of piperidine rings is 1. The van der Waals surface area contributed by atoms with E-state index in [0.717, 1.165) is 36.1 Å². The molecule has 3 aliphatic rings. The van der Waals surface area contributed by atoms with Gasteiger partial charge in [0.2, 0.25) is 0 Å². The number of ether oxygens (including phenoxy) is 1. The largest absolute Gasteiger partial charge is 0.378 e. The van der Waals surface area contributed by atoms with Crippen LogP contribution in [0.1, 0.15) is 62.0 Å². The van der Waals surface area contributed by atoms with Crippen molar-refractivity contribution in [3.8, 4) is 0 Å². The van der Waals surface area contributed by atoms with Gasteiger partial charge in [0, 0.05) is 30.2 Å². The molecule has 5 rings (SSSR count). The third-order valence-corrected chi connectivity index (χ3v) is 9.18. The summed E-state index contributed by atoms with van der Waals surface area (Å²) in [6.07, 6.45) is 9.29. The number of benzene rings is 1. The zero-order valence-electron chi connectivity index (χ0n) is 20.1. The third kappa shape index (κ3) is 6.96. The van der Waals surface area contributed by atoms with Crippen LogP contribution >= 0.6 is 34.5 Å². The number of nitrogens with zero attached hydrogens (tertiary/aromatic N) is 2. The number of likely N-dealkylation sites (tertiary alicyclic amines) is 2. The number of rotatable bonds is 6. The molecular formula is C27H38Cl2N2OS. The van der Waals surface area contributed by atoms with Crippen LogP contribution < -0.4 is 0 Å². The van der Waals surface area contributed by atoms with Crippen LogP contribution in [0.25, 0.3) is 0 Å². The Labute approximate surface area is 214 Å². The molecule has 33 heavy (non-hydrogen) atoms. The van der Waals surface area contributed by atoms with Crippen molar-refractivity contribution in [2.45, 2.75) is 63.0 Å².